The quantitative estimate of drug-likeness (QED) is 0.447. The summed E-state index contributed by atoms with van der Waals surface area (Å²) >= 11 is 0. The molecule has 0 radical (unpaired) electrons. The molecule has 6 nitrogen and oxygen atoms in total. The van der Waals surface area contributed by atoms with Crippen LogP contribution in [0.5, 0.6) is 0 Å². The van der Waals surface area contributed by atoms with Crippen molar-refractivity contribution in [2.45, 2.75) is 39.8 Å². The van der Waals surface area contributed by atoms with Crippen LogP contribution in [0, 0.1) is 11.8 Å². The average molecular weight is 258 g/mol. The lowest BCUT2D eigenvalue weighted by Gasteiger charge is -2.17. The summed E-state index contributed by atoms with van der Waals surface area (Å²) in [5.41, 5.74) is 11.3. The highest BCUT2D eigenvalue weighted by molar-refractivity contribution is 5.82. The van der Waals surface area contributed by atoms with Crippen molar-refractivity contribution < 1.29 is 9.59 Å². The van der Waals surface area contributed by atoms with Gasteiger partial charge in [0.2, 0.25) is 11.8 Å². The van der Waals surface area contributed by atoms with E-state index in [4.69, 9.17) is 11.5 Å². The minimum Gasteiger partial charge on any atom is -0.353 e. The summed E-state index contributed by atoms with van der Waals surface area (Å²) in [6, 6.07) is -1.03. The fraction of sp³-hybridized carbons (Fsp3) is 0.833. The highest BCUT2D eigenvalue weighted by atomic mass is 16.2. The van der Waals surface area contributed by atoms with Crippen LogP contribution in [0.4, 0.5) is 0 Å². The molecule has 6 N–H and O–H groups in total. The summed E-state index contributed by atoms with van der Waals surface area (Å²) in [4.78, 5) is 23.0. The summed E-state index contributed by atoms with van der Waals surface area (Å²) in [7, 11) is 0. The summed E-state index contributed by atoms with van der Waals surface area (Å²) in [5, 5.41) is 5.34. The maximum Gasteiger partial charge on any atom is 0.237 e. The Balaban J connectivity index is 3.81. The highest BCUT2D eigenvalue weighted by Gasteiger charge is 2.18. The maximum absolute atomic E-state index is 11.5. The van der Waals surface area contributed by atoms with Gasteiger partial charge in [0.1, 0.15) is 0 Å². The minimum atomic E-state index is -0.515. The fourth-order valence-corrected chi connectivity index (χ4v) is 1.21. The minimum absolute atomic E-state index is 0.0916. The van der Waals surface area contributed by atoms with Crippen molar-refractivity contribution in [3.8, 4) is 0 Å². The third kappa shape index (κ3) is 5.97. The molecule has 0 fully saturated rings. The van der Waals surface area contributed by atoms with Gasteiger partial charge < -0.3 is 22.1 Å². The number of rotatable bonds is 7. The van der Waals surface area contributed by atoms with Gasteiger partial charge in [0.25, 0.3) is 0 Å². The molecule has 0 aromatic carbocycles. The van der Waals surface area contributed by atoms with Gasteiger partial charge in [0.05, 0.1) is 12.1 Å². The van der Waals surface area contributed by atoms with E-state index in [2.05, 4.69) is 10.6 Å². The largest absolute Gasteiger partial charge is 0.353 e. The summed E-state index contributed by atoms with van der Waals surface area (Å²) in [6.07, 6.45) is 0. The van der Waals surface area contributed by atoms with Crippen LogP contribution < -0.4 is 22.1 Å². The summed E-state index contributed by atoms with van der Waals surface area (Å²) < 4.78 is 0. The van der Waals surface area contributed by atoms with Gasteiger partial charge in [0, 0.05) is 13.1 Å². The van der Waals surface area contributed by atoms with Gasteiger partial charge in [-0.25, -0.2) is 0 Å². The number of carbonyl (C=O) groups is 2. The molecule has 0 saturated carbocycles. The Labute approximate surface area is 109 Å². The molecule has 2 atom stereocenters. The normalized spacial score (nSPS) is 14.4. The lowest BCUT2D eigenvalue weighted by molar-refractivity contribution is -0.125. The van der Waals surface area contributed by atoms with Crippen LogP contribution in [0.15, 0.2) is 0 Å². The molecule has 2 amide bonds. The number of amides is 2. The predicted molar refractivity (Wildman–Crippen MR) is 71.6 cm³/mol. The molecule has 0 aliphatic heterocycles. The SMILES string of the molecule is CC(C)[C@H](N)C(=O)NCCNC(=O)[C@@H](N)C(C)C. The second-order valence-corrected chi connectivity index (χ2v) is 5.12. The zero-order valence-electron chi connectivity index (χ0n) is 11.7. The molecule has 0 heterocycles. The van der Waals surface area contributed by atoms with Crippen molar-refractivity contribution in [2.24, 2.45) is 23.3 Å². The van der Waals surface area contributed by atoms with E-state index in [9.17, 15) is 9.59 Å². The molecule has 0 aliphatic rings. The third-order valence-corrected chi connectivity index (χ3v) is 2.77. The molecule has 0 rings (SSSR count). The standard InChI is InChI=1S/C12H26N4O2/c1-7(2)9(13)11(17)15-5-6-16-12(18)10(14)8(3)4/h7-10H,5-6,13-14H2,1-4H3,(H,15,17)(H,16,18)/t9-,10-/m0/s1. The van der Waals surface area contributed by atoms with Gasteiger partial charge in [0.15, 0.2) is 0 Å². The predicted octanol–water partition coefficient (Wildman–Crippen LogP) is -0.815. The topological polar surface area (TPSA) is 110 Å². The van der Waals surface area contributed by atoms with Crippen molar-refractivity contribution in [2.75, 3.05) is 13.1 Å². The molecular formula is C12H26N4O2. The Bertz CT molecular complexity index is 251. The molecule has 0 aromatic heterocycles. The van der Waals surface area contributed by atoms with Crippen LogP contribution in [0.1, 0.15) is 27.7 Å². The molecule has 6 heteroatoms. The maximum atomic E-state index is 11.5. The van der Waals surface area contributed by atoms with Crippen molar-refractivity contribution in [1.82, 2.24) is 10.6 Å². The van der Waals surface area contributed by atoms with Crippen LogP contribution in [0.2, 0.25) is 0 Å². The van der Waals surface area contributed by atoms with Gasteiger partial charge in [-0.15, -0.1) is 0 Å². The molecule has 0 spiro atoms. The second kappa shape index (κ2) is 8.05. The molecule has 0 unspecified atom stereocenters. The van der Waals surface area contributed by atoms with Gasteiger partial charge in [-0.2, -0.15) is 0 Å². The smallest absolute Gasteiger partial charge is 0.237 e. The molecule has 0 aromatic rings. The summed E-state index contributed by atoms with van der Waals surface area (Å²) in [6.45, 7) is 8.24. The van der Waals surface area contributed by atoms with Crippen LogP contribution in [0.3, 0.4) is 0 Å². The first-order chi connectivity index (χ1) is 8.27. The first-order valence-electron chi connectivity index (χ1n) is 6.34. The molecule has 0 aliphatic carbocycles. The molecule has 0 saturated heterocycles. The third-order valence-electron chi connectivity index (χ3n) is 2.77. The number of nitrogens with two attached hydrogens (primary N) is 2. The van der Waals surface area contributed by atoms with Crippen molar-refractivity contribution in [3.05, 3.63) is 0 Å². The van der Waals surface area contributed by atoms with E-state index < -0.39 is 12.1 Å². The van der Waals surface area contributed by atoms with Gasteiger partial charge >= 0.3 is 0 Å². The Kier molecular flexibility index (Phi) is 7.54. The average Bonchev–Trinajstić information content (AvgIpc) is 2.31. The van der Waals surface area contributed by atoms with Gasteiger partial charge in [-0.1, -0.05) is 27.7 Å². The van der Waals surface area contributed by atoms with Crippen LogP contribution in [-0.4, -0.2) is 37.0 Å². The first-order valence-corrected chi connectivity index (χ1v) is 6.34. The Morgan fingerprint density at radius 1 is 0.833 bits per heavy atom. The van der Waals surface area contributed by atoms with Crippen molar-refractivity contribution in [3.63, 3.8) is 0 Å². The van der Waals surface area contributed by atoms with E-state index >= 15 is 0 Å². The molecule has 106 valence electrons. The van der Waals surface area contributed by atoms with Crippen LogP contribution in [-0.2, 0) is 9.59 Å². The lowest BCUT2D eigenvalue weighted by Crippen LogP contribution is -2.48. The zero-order chi connectivity index (χ0) is 14.3. The second-order valence-electron chi connectivity index (χ2n) is 5.12. The Morgan fingerprint density at radius 3 is 1.33 bits per heavy atom. The number of nitrogens with one attached hydrogen (secondary N) is 2. The van der Waals surface area contributed by atoms with E-state index in [0.29, 0.717) is 13.1 Å². The Morgan fingerprint density at radius 2 is 1.11 bits per heavy atom. The van der Waals surface area contributed by atoms with E-state index in [1.54, 1.807) is 0 Å². The fourth-order valence-electron chi connectivity index (χ4n) is 1.21. The van der Waals surface area contributed by atoms with Gasteiger partial charge in [-0.05, 0) is 11.8 Å². The lowest BCUT2D eigenvalue weighted by atomic mass is 10.0. The van der Waals surface area contributed by atoms with E-state index in [1.165, 1.54) is 0 Å². The molecule has 18 heavy (non-hydrogen) atoms. The van der Waals surface area contributed by atoms with E-state index in [1.807, 2.05) is 27.7 Å². The summed E-state index contributed by atoms with van der Waals surface area (Å²) in [5.74, 6) is -0.220. The highest BCUT2D eigenvalue weighted by Crippen LogP contribution is 1.98. The number of hydrogen-bond acceptors (Lipinski definition) is 4. The van der Waals surface area contributed by atoms with Crippen molar-refractivity contribution >= 4 is 11.8 Å². The number of carbonyl (C=O) groups excluding carboxylic acids is 2. The van der Waals surface area contributed by atoms with Gasteiger partial charge in [-0.3, -0.25) is 9.59 Å². The Hall–Kier alpha value is -1.14. The van der Waals surface area contributed by atoms with Crippen molar-refractivity contribution in [1.29, 1.82) is 0 Å². The molecule has 0 bridgehead atoms. The molecular weight excluding hydrogens is 232 g/mol. The monoisotopic (exact) mass is 258 g/mol. The van der Waals surface area contributed by atoms with Crippen LogP contribution in [0.25, 0.3) is 0 Å². The zero-order valence-corrected chi connectivity index (χ0v) is 11.7. The van der Waals surface area contributed by atoms with E-state index in [0.717, 1.165) is 0 Å². The first kappa shape index (κ1) is 16.9. The van der Waals surface area contributed by atoms with Crippen LogP contribution >= 0.6 is 0 Å². The number of hydrogen-bond donors (Lipinski definition) is 4. The van der Waals surface area contributed by atoms with E-state index in [-0.39, 0.29) is 23.7 Å².